The first kappa shape index (κ1) is 9.34. The maximum Gasteiger partial charge on any atom is 0.157 e. The predicted molar refractivity (Wildman–Crippen MR) is 56.3 cm³/mol. The Hall–Kier alpha value is -0.220. The molecule has 0 aromatic heterocycles. The largest absolute Gasteiger partial charge is 0.380 e. The van der Waals surface area contributed by atoms with Gasteiger partial charge in [0.15, 0.2) is 5.17 Å². The van der Waals surface area contributed by atoms with E-state index in [1.807, 2.05) is 11.8 Å². The van der Waals surface area contributed by atoms with Crippen LogP contribution in [0.5, 0.6) is 0 Å². The highest BCUT2D eigenvalue weighted by Gasteiger charge is 2.20. The summed E-state index contributed by atoms with van der Waals surface area (Å²) in [6, 6.07) is 0.520. The number of nitrogens with one attached hydrogen (secondary N) is 1. The van der Waals surface area contributed by atoms with Crippen LogP contribution in [0.1, 0.15) is 19.8 Å². The lowest BCUT2D eigenvalue weighted by atomic mass is 10.2. The number of hydrogen-bond acceptors (Lipinski definition) is 4. The summed E-state index contributed by atoms with van der Waals surface area (Å²) in [6.07, 6.45) is 2.46. The van der Waals surface area contributed by atoms with Crippen molar-refractivity contribution in [3.63, 3.8) is 0 Å². The average Bonchev–Trinajstić information content (AvgIpc) is 2.53. The van der Waals surface area contributed by atoms with Crippen LogP contribution in [0.25, 0.3) is 0 Å². The van der Waals surface area contributed by atoms with Crippen molar-refractivity contribution < 1.29 is 4.74 Å². The molecule has 0 bridgehead atoms. The van der Waals surface area contributed by atoms with E-state index < -0.39 is 0 Å². The molecule has 2 unspecified atom stereocenters. The minimum absolute atomic E-state index is 0.520. The van der Waals surface area contributed by atoms with E-state index in [9.17, 15) is 0 Å². The van der Waals surface area contributed by atoms with Gasteiger partial charge in [0, 0.05) is 17.9 Å². The molecule has 2 heterocycles. The standard InChI is InChI=1S/C9H16N2OS/c1-7-5-10-9(11-7)13-8-3-2-4-12-6-8/h7-8H,2-6H2,1H3,(H,10,11). The minimum atomic E-state index is 0.520. The number of amidine groups is 1. The van der Waals surface area contributed by atoms with Gasteiger partial charge in [0.1, 0.15) is 0 Å². The Labute approximate surface area is 83.3 Å². The lowest BCUT2D eigenvalue weighted by Gasteiger charge is -2.21. The molecule has 0 aliphatic carbocycles. The molecular formula is C9H16N2OS. The van der Waals surface area contributed by atoms with Gasteiger partial charge in [-0.3, -0.25) is 4.99 Å². The summed E-state index contributed by atoms with van der Waals surface area (Å²) in [5, 5.41) is 5.09. The smallest absolute Gasteiger partial charge is 0.157 e. The molecule has 2 atom stereocenters. The van der Waals surface area contributed by atoms with Crippen molar-refractivity contribution in [2.75, 3.05) is 19.8 Å². The Morgan fingerprint density at radius 1 is 1.62 bits per heavy atom. The number of aliphatic imine (C=N–C) groups is 1. The molecule has 1 fully saturated rings. The second-order valence-corrected chi connectivity index (χ2v) is 4.94. The van der Waals surface area contributed by atoms with Crippen molar-refractivity contribution in [2.45, 2.75) is 31.1 Å². The second-order valence-electron chi connectivity index (χ2n) is 3.65. The fourth-order valence-electron chi connectivity index (χ4n) is 1.56. The van der Waals surface area contributed by atoms with Crippen molar-refractivity contribution in [3.05, 3.63) is 0 Å². The highest BCUT2D eigenvalue weighted by atomic mass is 32.2. The third-order valence-corrected chi connectivity index (χ3v) is 3.45. The third-order valence-electron chi connectivity index (χ3n) is 2.28. The third kappa shape index (κ3) is 2.61. The molecule has 0 spiro atoms. The fraction of sp³-hybridized carbons (Fsp3) is 0.889. The average molecular weight is 200 g/mol. The zero-order valence-electron chi connectivity index (χ0n) is 7.95. The summed E-state index contributed by atoms with van der Waals surface area (Å²) in [5.41, 5.74) is 0. The van der Waals surface area contributed by atoms with Crippen molar-refractivity contribution in [3.8, 4) is 0 Å². The molecule has 74 valence electrons. The minimum Gasteiger partial charge on any atom is -0.380 e. The molecule has 2 rings (SSSR count). The summed E-state index contributed by atoms with van der Waals surface area (Å²) in [5.74, 6) is 0. The van der Waals surface area contributed by atoms with E-state index >= 15 is 0 Å². The van der Waals surface area contributed by atoms with Crippen LogP contribution in [-0.2, 0) is 4.74 Å². The van der Waals surface area contributed by atoms with Gasteiger partial charge >= 0.3 is 0 Å². The van der Waals surface area contributed by atoms with Gasteiger partial charge in [0.25, 0.3) is 0 Å². The number of thioether (sulfide) groups is 1. The van der Waals surface area contributed by atoms with Gasteiger partial charge in [0.2, 0.25) is 0 Å². The van der Waals surface area contributed by atoms with Gasteiger partial charge in [-0.25, -0.2) is 0 Å². The SMILES string of the molecule is CC1CN=C(SC2CCCOC2)N1. The fourth-order valence-corrected chi connectivity index (χ4v) is 2.74. The van der Waals surface area contributed by atoms with E-state index in [0.29, 0.717) is 11.3 Å². The topological polar surface area (TPSA) is 33.6 Å². The van der Waals surface area contributed by atoms with Gasteiger partial charge in [-0.1, -0.05) is 11.8 Å². The molecule has 0 amide bonds. The number of rotatable bonds is 1. The molecule has 1 N–H and O–H groups in total. The summed E-state index contributed by atoms with van der Waals surface area (Å²) >= 11 is 1.85. The summed E-state index contributed by atoms with van der Waals surface area (Å²) in [6.45, 7) is 4.91. The highest BCUT2D eigenvalue weighted by Crippen LogP contribution is 2.22. The molecule has 2 aliphatic heterocycles. The molecule has 3 nitrogen and oxygen atoms in total. The Bertz CT molecular complexity index is 202. The monoisotopic (exact) mass is 200 g/mol. The van der Waals surface area contributed by atoms with Gasteiger partial charge in [-0.2, -0.15) is 0 Å². The van der Waals surface area contributed by atoms with Crippen LogP contribution in [-0.4, -0.2) is 36.2 Å². The van der Waals surface area contributed by atoms with E-state index in [1.165, 1.54) is 12.8 Å². The van der Waals surface area contributed by atoms with E-state index in [1.54, 1.807) is 0 Å². The summed E-state index contributed by atoms with van der Waals surface area (Å²) in [4.78, 5) is 4.42. The number of nitrogens with zero attached hydrogens (tertiary/aromatic N) is 1. The molecule has 1 saturated heterocycles. The summed E-state index contributed by atoms with van der Waals surface area (Å²) < 4.78 is 5.42. The van der Waals surface area contributed by atoms with Crippen LogP contribution in [0, 0.1) is 0 Å². The Morgan fingerprint density at radius 2 is 2.54 bits per heavy atom. The molecule has 0 saturated carbocycles. The van der Waals surface area contributed by atoms with Crippen LogP contribution in [0.3, 0.4) is 0 Å². The predicted octanol–water partition coefficient (Wildman–Crippen LogP) is 1.25. The Balaban J connectivity index is 1.77. The highest BCUT2D eigenvalue weighted by molar-refractivity contribution is 8.14. The Morgan fingerprint density at radius 3 is 3.15 bits per heavy atom. The molecule has 13 heavy (non-hydrogen) atoms. The second kappa shape index (κ2) is 4.33. The van der Waals surface area contributed by atoms with Crippen LogP contribution in [0.15, 0.2) is 4.99 Å². The lowest BCUT2D eigenvalue weighted by molar-refractivity contribution is 0.102. The quantitative estimate of drug-likeness (QED) is 0.691. The van der Waals surface area contributed by atoms with Crippen LogP contribution >= 0.6 is 11.8 Å². The molecule has 0 aromatic carbocycles. The normalized spacial score (nSPS) is 34.1. The molecular weight excluding hydrogens is 184 g/mol. The van der Waals surface area contributed by atoms with E-state index in [2.05, 4.69) is 17.2 Å². The summed E-state index contributed by atoms with van der Waals surface area (Å²) in [7, 11) is 0. The maximum atomic E-state index is 5.42. The van der Waals surface area contributed by atoms with Crippen molar-refractivity contribution in [1.29, 1.82) is 0 Å². The van der Waals surface area contributed by atoms with Crippen molar-refractivity contribution >= 4 is 16.9 Å². The Kier molecular flexibility index (Phi) is 3.11. The van der Waals surface area contributed by atoms with Gasteiger partial charge in [0.05, 0.1) is 13.2 Å². The maximum absolute atomic E-state index is 5.42. The molecule has 0 aromatic rings. The first-order valence-corrected chi connectivity index (χ1v) is 5.78. The van der Waals surface area contributed by atoms with E-state index in [4.69, 9.17) is 4.74 Å². The zero-order valence-corrected chi connectivity index (χ0v) is 8.77. The van der Waals surface area contributed by atoms with Crippen LogP contribution in [0.2, 0.25) is 0 Å². The lowest BCUT2D eigenvalue weighted by Crippen LogP contribution is -2.28. The van der Waals surface area contributed by atoms with Crippen molar-refractivity contribution in [1.82, 2.24) is 5.32 Å². The molecule has 2 aliphatic rings. The van der Waals surface area contributed by atoms with Crippen molar-refractivity contribution in [2.24, 2.45) is 4.99 Å². The molecule has 0 radical (unpaired) electrons. The van der Waals surface area contributed by atoms with E-state index in [-0.39, 0.29) is 0 Å². The zero-order chi connectivity index (χ0) is 9.10. The number of ether oxygens (including phenoxy) is 1. The first-order valence-electron chi connectivity index (χ1n) is 4.90. The van der Waals surface area contributed by atoms with E-state index in [0.717, 1.165) is 24.9 Å². The van der Waals surface area contributed by atoms with Gasteiger partial charge < -0.3 is 10.1 Å². The first-order chi connectivity index (χ1) is 6.34. The molecule has 4 heteroatoms. The van der Waals surface area contributed by atoms with Crippen LogP contribution in [0.4, 0.5) is 0 Å². The van der Waals surface area contributed by atoms with Gasteiger partial charge in [-0.05, 0) is 19.8 Å². The van der Waals surface area contributed by atoms with Gasteiger partial charge in [-0.15, -0.1) is 0 Å². The number of hydrogen-bond donors (Lipinski definition) is 1. The van der Waals surface area contributed by atoms with Crippen LogP contribution < -0.4 is 5.32 Å².